The van der Waals surface area contributed by atoms with E-state index in [0.29, 0.717) is 50.7 Å². The highest BCUT2D eigenvalue weighted by atomic mass is 16.6. The summed E-state index contributed by atoms with van der Waals surface area (Å²) < 4.78 is 11.3. The number of ether oxygens (including phenoxy) is 2. The molecule has 10 heteroatoms. The third-order valence-corrected chi connectivity index (χ3v) is 7.00. The first kappa shape index (κ1) is 22.4. The molecule has 1 aromatic carbocycles. The molecule has 4 aliphatic heterocycles. The highest BCUT2D eigenvalue weighted by Gasteiger charge is 2.67. The number of hydrogen-bond donors (Lipinski definition) is 1. The number of benzene rings is 1. The van der Waals surface area contributed by atoms with E-state index in [1.54, 1.807) is 45.9 Å². The van der Waals surface area contributed by atoms with Crippen LogP contribution in [0.2, 0.25) is 0 Å². The predicted octanol–water partition coefficient (Wildman–Crippen LogP) is 1.23. The monoisotopic (exact) mass is 468 g/mol. The molecule has 1 aromatic rings. The van der Waals surface area contributed by atoms with Crippen molar-refractivity contribution in [3.63, 3.8) is 0 Å². The van der Waals surface area contributed by atoms with Crippen LogP contribution in [0, 0.1) is 11.8 Å². The molecule has 3 fully saturated rings. The maximum absolute atomic E-state index is 13.5. The number of anilines is 2. The lowest BCUT2D eigenvalue weighted by atomic mass is 9.76. The zero-order valence-electron chi connectivity index (χ0n) is 19.2. The normalized spacial score (nSPS) is 29.4. The second kappa shape index (κ2) is 8.43. The van der Waals surface area contributed by atoms with Gasteiger partial charge in [0.25, 0.3) is 0 Å². The molecular formula is C24H28N4O6. The second-order valence-corrected chi connectivity index (χ2v) is 9.06. The first-order valence-electron chi connectivity index (χ1n) is 11.6. The number of carbonyl (C=O) groups excluding carboxylic acids is 4. The summed E-state index contributed by atoms with van der Waals surface area (Å²) in [5.74, 6) is -1.59. The molecule has 3 unspecified atom stereocenters. The summed E-state index contributed by atoms with van der Waals surface area (Å²) in [6, 6.07) is 7.05. The molecule has 4 aliphatic rings. The summed E-state index contributed by atoms with van der Waals surface area (Å²) >= 11 is 0. The van der Waals surface area contributed by atoms with E-state index in [1.807, 2.05) is 12.2 Å². The van der Waals surface area contributed by atoms with Gasteiger partial charge in [0.15, 0.2) is 0 Å². The Morgan fingerprint density at radius 2 is 1.79 bits per heavy atom. The average molecular weight is 469 g/mol. The van der Waals surface area contributed by atoms with Gasteiger partial charge in [0.05, 0.1) is 31.1 Å². The van der Waals surface area contributed by atoms with Gasteiger partial charge in [0.1, 0.15) is 5.60 Å². The van der Waals surface area contributed by atoms with Crippen LogP contribution in [-0.2, 0) is 23.9 Å². The Hall–Kier alpha value is -3.40. The summed E-state index contributed by atoms with van der Waals surface area (Å²) in [7, 11) is 0. The molecule has 0 radical (unpaired) electrons. The SMILES string of the molecule is CCOC(=O)N1CCN(C(=O)C2C3C(=O)N(c4ccc(NC(C)=O)cc4)CC34C=C[C@H]2O4)CC1. The van der Waals surface area contributed by atoms with Gasteiger partial charge in [-0.1, -0.05) is 12.2 Å². The fraction of sp³-hybridized carbons (Fsp3) is 0.500. The summed E-state index contributed by atoms with van der Waals surface area (Å²) in [5.41, 5.74) is 0.524. The topological polar surface area (TPSA) is 108 Å². The van der Waals surface area contributed by atoms with Crippen molar-refractivity contribution in [2.45, 2.75) is 25.6 Å². The molecule has 4 atom stereocenters. The van der Waals surface area contributed by atoms with E-state index in [1.165, 1.54) is 6.92 Å². The standard InChI is InChI=1S/C24H28N4O6/c1-3-33-23(32)27-12-10-26(11-13-27)21(30)19-18-8-9-24(34-18)14-28(22(31)20(19)24)17-6-4-16(5-7-17)25-15(2)29/h4-9,18-20H,3,10-14H2,1-2H3,(H,25,29)/t18-,19?,20?,24?/m1/s1. The van der Waals surface area contributed by atoms with Gasteiger partial charge in [-0.3, -0.25) is 14.4 Å². The number of nitrogens with one attached hydrogen (secondary N) is 1. The molecule has 0 aromatic heterocycles. The van der Waals surface area contributed by atoms with Crippen LogP contribution in [0.4, 0.5) is 16.2 Å². The van der Waals surface area contributed by atoms with Crippen molar-refractivity contribution >= 4 is 35.2 Å². The molecule has 4 heterocycles. The minimum Gasteiger partial charge on any atom is -0.450 e. The van der Waals surface area contributed by atoms with Gasteiger partial charge < -0.3 is 29.5 Å². The zero-order chi connectivity index (χ0) is 24.0. The lowest BCUT2D eigenvalue weighted by Gasteiger charge is -2.36. The molecule has 0 aliphatic carbocycles. The Balaban J connectivity index is 1.31. The van der Waals surface area contributed by atoms with E-state index >= 15 is 0 Å². The van der Waals surface area contributed by atoms with Crippen molar-refractivity contribution in [1.82, 2.24) is 9.80 Å². The van der Waals surface area contributed by atoms with Crippen LogP contribution < -0.4 is 10.2 Å². The van der Waals surface area contributed by atoms with E-state index in [2.05, 4.69) is 5.32 Å². The zero-order valence-corrected chi connectivity index (χ0v) is 19.2. The Labute approximate surface area is 197 Å². The van der Waals surface area contributed by atoms with Crippen molar-refractivity contribution < 1.29 is 28.7 Å². The predicted molar refractivity (Wildman–Crippen MR) is 122 cm³/mol. The number of piperazine rings is 1. The summed E-state index contributed by atoms with van der Waals surface area (Å²) in [5, 5.41) is 2.71. The van der Waals surface area contributed by atoms with E-state index in [-0.39, 0.29) is 23.8 Å². The Kier molecular flexibility index (Phi) is 5.55. The van der Waals surface area contributed by atoms with Crippen molar-refractivity contribution in [2.24, 2.45) is 11.8 Å². The van der Waals surface area contributed by atoms with Crippen LogP contribution in [0.15, 0.2) is 36.4 Å². The Bertz CT molecular complexity index is 1050. The fourth-order valence-electron chi connectivity index (χ4n) is 5.46. The van der Waals surface area contributed by atoms with Crippen LogP contribution in [0.3, 0.4) is 0 Å². The molecule has 1 N–H and O–H groups in total. The smallest absolute Gasteiger partial charge is 0.409 e. The highest BCUT2D eigenvalue weighted by Crippen LogP contribution is 2.53. The number of amides is 4. The quantitative estimate of drug-likeness (QED) is 0.666. The van der Waals surface area contributed by atoms with E-state index in [9.17, 15) is 19.2 Å². The maximum atomic E-state index is 13.5. The third kappa shape index (κ3) is 3.62. The molecule has 0 saturated carbocycles. The minimum absolute atomic E-state index is 0.110. The first-order valence-corrected chi connectivity index (χ1v) is 11.6. The molecule has 1 spiro atoms. The first-order chi connectivity index (χ1) is 16.3. The van der Waals surface area contributed by atoms with Gasteiger partial charge in [-0.15, -0.1) is 0 Å². The lowest BCUT2D eigenvalue weighted by Crippen LogP contribution is -2.54. The van der Waals surface area contributed by atoms with Gasteiger partial charge >= 0.3 is 6.09 Å². The number of hydrogen-bond acceptors (Lipinski definition) is 6. The fourth-order valence-corrected chi connectivity index (χ4v) is 5.46. The number of rotatable bonds is 4. The van der Waals surface area contributed by atoms with Gasteiger partial charge in [-0.2, -0.15) is 0 Å². The highest BCUT2D eigenvalue weighted by molar-refractivity contribution is 6.03. The summed E-state index contributed by atoms with van der Waals surface area (Å²) in [6.45, 7) is 5.43. The second-order valence-electron chi connectivity index (χ2n) is 9.06. The van der Waals surface area contributed by atoms with Crippen LogP contribution in [0.25, 0.3) is 0 Å². The minimum atomic E-state index is -0.814. The Morgan fingerprint density at radius 1 is 1.12 bits per heavy atom. The van der Waals surface area contributed by atoms with E-state index in [0.717, 1.165) is 0 Å². The van der Waals surface area contributed by atoms with Crippen molar-refractivity contribution in [3.05, 3.63) is 36.4 Å². The van der Waals surface area contributed by atoms with E-state index in [4.69, 9.17) is 9.47 Å². The van der Waals surface area contributed by atoms with E-state index < -0.39 is 23.5 Å². The van der Waals surface area contributed by atoms with Crippen LogP contribution in [0.5, 0.6) is 0 Å². The molecular weight excluding hydrogens is 440 g/mol. The van der Waals surface area contributed by atoms with Crippen molar-refractivity contribution in [1.29, 1.82) is 0 Å². The largest absolute Gasteiger partial charge is 0.450 e. The number of nitrogens with zero attached hydrogens (tertiary/aromatic N) is 3. The summed E-state index contributed by atoms with van der Waals surface area (Å²) in [4.78, 5) is 55.3. The molecule has 4 amide bonds. The lowest BCUT2D eigenvalue weighted by molar-refractivity contribution is -0.141. The average Bonchev–Trinajstić information content (AvgIpc) is 3.47. The van der Waals surface area contributed by atoms with Crippen LogP contribution >= 0.6 is 0 Å². The molecule has 5 rings (SSSR count). The van der Waals surface area contributed by atoms with Crippen molar-refractivity contribution in [3.8, 4) is 0 Å². The summed E-state index contributed by atoms with van der Waals surface area (Å²) in [6.07, 6.45) is 3.03. The number of carbonyl (C=O) groups is 4. The van der Waals surface area contributed by atoms with Crippen LogP contribution in [-0.4, -0.2) is 84.7 Å². The van der Waals surface area contributed by atoms with Crippen molar-refractivity contribution in [2.75, 3.05) is 49.5 Å². The molecule has 34 heavy (non-hydrogen) atoms. The third-order valence-electron chi connectivity index (χ3n) is 7.00. The van der Waals surface area contributed by atoms with Gasteiger partial charge in [-0.25, -0.2) is 4.79 Å². The molecule has 10 nitrogen and oxygen atoms in total. The maximum Gasteiger partial charge on any atom is 0.409 e. The number of fused-ring (bicyclic) bond motifs is 1. The van der Waals surface area contributed by atoms with Gasteiger partial charge in [0.2, 0.25) is 17.7 Å². The molecule has 3 saturated heterocycles. The van der Waals surface area contributed by atoms with Gasteiger partial charge in [-0.05, 0) is 31.2 Å². The Morgan fingerprint density at radius 3 is 2.44 bits per heavy atom. The van der Waals surface area contributed by atoms with Crippen LogP contribution in [0.1, 0.15) is 13.8 Å². The van der Waals surface area contributed by atoms with Gasteiger partial charge in [0, 0.05) is 44.5 Å². The molecule has 2 bridgehead atoms. The molecule has 180 valence electrons.